The van der Waals surface area contributed by atoms with Crippen molar-refractivity contribution >= 4 is 40.5 Å². The van der Waals surface area contributed by atoms with E-state index in [0.717, 1.165) is 50.2 Å². The van der Waals surface area contributed by atoms with Gasteiger partial charge in [-0.25, -0.2) is 4.98 Å². The average Bonchev–Trinajstić information content (AvgIpc) is 3.33. The third-order valence-electron chi connectivity index (χ3n) is 6.14. The number of rotatable bonds is 8. The van der Waals surface area contributed by atoms with Gasteiger partial charge in [-0.1, -0.05) is 58.7 Å². The Bertz CT molecular complexity index is 1040. The highest BCUT2D eigenvalue weighted by molar-refractivity contribution is 6.41. The molecule has 1 saturated heterocycles. The highest BCUT2D eigenvalue weighted by Gasteiger charge is 2.28. The number of carbonyl (C=O) groups excluding carboxylic acids is 1. The molecule has 0 bridgehead atoms. The molecule has 0 aliphatic carbocycles. The smallest absolute Gasteiger partial charge is 0.271 e. The van der Waals surface area contributed by atoms with Crippen LogP contribution in [0.1, 0.15) is 42.2 Å². The number of aromatic nitrogens is 1. The number of amides is 1. The minimum atomic E-state index is -0.387. The third-order valence-corrected chi connectivity index (χ3v) is 6.89. The molecule has 1 fully saturated rings. The van der Waals surface area contributed by atoms with Crippen LogP contribution in [0.2, 0.25) is 10.0 Å². The van der Waals surface area contributed by atoms with E-state index in [1.165, 1.54) is 0 Å². The fourth-order valence-corrected chi connectivity index (χ4v) is 4.69. The van der Waals surface area contributed by atoms with E-state index in [2.05, 4.69) is 32.5 Å². The molecular formula is C24H29Cl2N5O3. The number of hydrogen-bond donors (Lipinski definition) is 2. The molecule has 2 aliphatic rings. The summed E-state index contributed by atoms with van der Waals surface area (Å²) in [4.78, 5) is 25.0. The Balaban J connectivity index is 1.23. The molecule has 34 heavy (non-hydrogen) atoms. The van der Waals surface area contributed by atoms with Crippen LogP contribution in [0.3, 0.4) is 0 Å². The maximum atomic E-state index is 12.7. The number of halogens is 2. The first kappa shape index (κ1) is 24.6. The summed E-state index contributed by atoms with van der Waals surface area (Å²) >= 11 is 12.3. The summed E-state index contributed by atoms with van der Waals surface area (Å²) in [5, 5.41) is 7.37. The molecule has 182 valence electrons. The Hall–Kier alpha value is -2.55. The van der Waals surface area contributed by atoms with Crippen molar-refractivity contribution in [2.24, 2.45) is 11.1 Å². The van der Waals surface area contributed by atoms with E-state index in [9.17, 15) is 4.79 Å². The largest absolute Gasteiger partial charge is 0.477 e. The molecule has 3 heterocycles. The van der Waals surface area contributed by atoms with Crippen molar-refractivity contribution in [3.8, 4) is 5.88 Å². The maximum Gasteiger partial charge on any atom is 0.271 e. The molecule has 10 heteroatoms. The van der Waals surface area contributed by atoms with Crippen molar-refractivity contribution in [1.29, 1.82) is 0 Å². The zero-order valence-corrected chi connectivity index (χ0v) is 20.6. The van der Waals surface area contributed by atoms with Crippen LogP contribution in [0.4, 0.5) is 5.69 Å². The lowest BCUT2D eigenvalue weighted by molar-refractivity contribution is 0.0419. The Kier molecular flexibility index (Phi) is 8.13. The van der Waals surface area contributed by atoms with Gasteiger partial charge in [-0.05, 0) is 44.3 Å². The molecule has 0 radical (unpaired) electrons. The van der Waals surface area contributed by atoms with Crippen molar-refractivity contribution in [1.82, 2.24) is 15.2 Å². The minimum Gasteiger partial charge on any atom is -0.477 e. The van der Waals surface area contributed by atoms with Gasteiger partial charge >= 0.3 is 0 Å². The predicted molar refractivity (Wildman–Crippen MR) is 134 cm³/mol. The molecule has 1 aromatic heterocycles. The van der Waals surface area contributed by atoms with Crippen LogP contribution in [-0.2, 0) is 4.84 Å². The number of pyridine rings is 1. The van der Waals surface area contributed by atoms with Gasteiger partial charge in [0.1, 0.15) is 11.1 Å². The van der Waals surface area contributed by atoms with Gasteiger partial charge in [-0.15, -0.1) is 0 Å². The number of nitrogens with one attached hydrogen (secondary N) is 1. The van der Waals surface area contributed by atoms with E-state index < -0.39 is 0 Å². The highest BCUT2D eigenvalue weighted by Crippen LogP contribution is 2.36. The number of oxime groups is 1. The number of benzene rings is 1. The van der Waals surface area contributed by atoms with Crippen LogP contribution in [0, 0.1) is 5.92 Å². The number of carbonyl (C=O) groups is 1. The molecular weight excluding hydrogens is 477 g/mol. The standard InChI is InChI=1S/C24H29Cl2N5O3/c1-2-33-24-20(26)21(27)19(25)22(29-24)23(32)28-13-15-8-10-31(11-9-15)14-17-12-18(30-34-17)16-6-4-3-5-7-16/h3-7,15,17H,2,8-14H2,1H3,(H2,27,29)(H,28,32). The second-order valence-electron chi connectivity index (χ2n) is 8.53. The Morgan fingerprint density at radius 1 is 1.24 bits per heavy atom. The van der Waals surface area contributed by atoms with Crippen LogP contribution in [-0.4, -0.2) is 60.4 Å². The first-order valence-electron chi connectivity index (χ1n) is 11.5. The first-order chi connectivity index (χ1) is 16.5. The second kappa shape index (κ2) is 11.3. The number of nitrogens with zero attached hydrogens (tertiary/aromatic N) is 3. The topological polar surface area (TPSA) is 102 Å². The van der Waals surface area contributed by atoms with Crippen LogP contribution in [0.5, 0.6) is 5.88 Å². The van der Waals surface area contributed by atoms with E-state index >= 15 is 0 Å². The molecule has 1 amide bonds. The molecule has 1 unspecified atom stereocenters. The summed E-state index contributed by atoms with van der Waals surface area (Å²) in [7, 11) is 0. The van der Waals surface area contributed by atoms with Crippen LogP contribution in [0.15, 0.2) is 35.5 Å². The third kappa shape index (κ3) is 5.74. The fraction of sp³-hybridized carbons (Fsp3) is 0.458. The molecule has 1 aromatic carbocycles. The summed E-state index contributed by atoms with van der Waals surface area (Å²) in [5.74, 6) is 0.0929. The van der Waals surface area contributed by atoms with Gasteiger partial charge in [0.05, 0.1) is 23.0 Å². The monoisotopic (exact) mass is 505 g/mol. The van der Waals surface area contributed by atoms with Crippen molar-refractivity contribution in [3.63, 3.8) is 0 Å². The van der Waals surface area contributed by atoms with Crippen LogP contribution < -0.4 is 15.8 Å². The Morgan fingerprint density at radius 2 is 1.97 bits per heavy atom. The zero-order valence-electron chi connectivity index (χ0n) is 19.1. The number of ether oxygens (including phenoxy) is 1. The zero-order chi connectivity index (χ0) is 24.1. The van der Waals surface area contributed by atoms with Crippen molar-refractivity contribution < 1.29 is 14.4 Å². The SMILES string of the molecule is CCOc1nc(C(=O)NCC2CCN(CC3CC(c4ccccc4)=NO3)CC2)c(Cl)c(N)c1Cl. The minimum absolute atomic E-state index is 0.0251. The summed E-state index contributed by atoms with van der Waals surface area (Å²) in [6, 6.07) is 10.1. The van der Waals surface area contributed by atoms with E-state index in [4.69, 9.17) is 38.5 Å². The molecule has 0 saturated carbocycles. The molecule has 3 N–H and O–H groups in total. The van der Waals surface area contributed by atoms with Crippen LogP contribution in [0.25, 0.3) is 0 Å². The fourth-order valence-electron chi connectivity index (χ4n) is 4.23. The number of nitrogens with two attached hydrogens (primary N) is 1. The number of nitrogen functional groups attached to an aromatic ring is 1. The second-order valence-corrected chi connectivity index (χ2v) is 9.29. The van der Waals surface area contributed by atoms with Gasteiger partial charge in [0.15, 0.2) is 5.69 Å². The summed E-state index contributed by atoms with van der Waals surface area (Å²) in [5.41, 5.74) is 8.16. The van der Waals surface area contributed by atoms with E-state index in [0.29, 0.717) is 19.1 Å². The number of likely N-dealkylation sites (tertiary alicyclic amines) is 1. The number of hydrogen-bond acceptors (Lipinski definition) is 7. The lowest BCUT2D eigenvalue weighted by Gasteiger charge is -2.32. The molecule has 8 nitrogen and oxygen atoms in total. The molecule has 1 atom stereocenters. The number of piperidine rings is 1. The molecule has 0 spiro atoms. The van der Waals surface area contributed by atoms with Gasteiger partial charge in [0.25, 0.3) is 5.91 Å². The highest BCUT2D eigenvalue weighted by atomic mass is 35.5. The van der Waals surface area contributed by atoms with Crippen molar-refractivity contribution in [2.75, 3.05) is 38.5 Å². The quantitative estimate of drug-likeness (QED) is 0.561. The molecule has 2 aliphatic heterocycles. The first-order valence-corrected chi connectivity index (χ1v) is 12.3. The summed E-state index contributed by atoms with van der Waals surface area (Å²) < 4.78 is 5.37. The van der Waals surface area contributed by atoms with Gasteiger partial charge in [0.2, 0.25) is 5.88 Å². The Labute approximate surface area is 209 Å². The predicted octanol–water partition coefficient (Wildman–Crippen LogP) is 4.00. The van der Waals surface area contributed by atoms with Crippen molar-refractivity contribution in [2.45, 2.75) is 32.3 Å². The average molecular weight is 506 g/mol. The lowest BCUT2D eigenvalue weighted by atomic mass is 9.96. The van der Waals surface area contributed by atoms with Gasteiger partial charge in [0, 0.05) is 19.5 Å². The Morgan fingerprint density at radius 3 is 2.68 bits per heavy atom. The number of anilines is 1. The molecule has 4 rings (SSSR count). The van der Waals surface area contributed by atoms with E-state index in [1.807, 2.05) is 18.2 Å². The summed E-state index contributed by atoms with van der Waals surface area (Å²) in [6.07, 6.45) is 2.86. The van der Waals surface area contributed by atoms with Crippen LogP contribution >= 0.6 is 23.2 Å². The van der Waals surface area contributed by atoms with Gasteiger partial charge in [-0.3, -0.25) is 9.69 Å². The lowest BCUT2D eigenvalue weighted by Crippen LogP contribution is -2.41. The van der Waals surface area contributed by atoms with Gasteiger partial charge in [-0.2, -0.15) is 0 Å². The maximum absolute atomic E-state index is 12.7. The summed E-state index contributed by atoms with van der Waals surface area (Å²) in [6.45, 7) is 5.42. The normalized spacial score (nSPS) is 18.9. The van der Waals surface area contributed by atoms with Crippen molar-refractivity contribution in [3.05, 3.63) is 51.6 Å². The van der Waals surface area contributed by atoms with E-state index in [-0.39, 0.29) is 39.3 Å². The molecule has 2 aromatic rings. The van der Waals surface area contributed by atoms with E-state index in [1.54, 1.807) is 6.92 Å². The van der Waals surface area contributed by atoms with Gasteiger partial charge < -0.3 is 20.6 Å².